The van der Waals surface area contributed by atoms with Gasteiger partial charge in [0.15, 0.2) is 45.9 Å². The van der Waals surface area contributed by atoms with E-state index in [-0.39, 0.29) is 37.7 Å². The Morgan fingerprint density at radius 3 is 2.54 bits per heavy atom. The quantitative estimate of drug-likeness (QED) is 0.172. The predicted octanol–water partition coefficient (Wildman–Crippen LogP) is 4.83. The Morgan fingerprint density at radius 1 is 0.981 bits per heavy atom. The van der Waals surface area contributed by atoms with E-state index in [0.717, 1.165) is 5.56 Å². The third kappa shape index (κ3) is 7.51. The van der Waals surface area contributed by atoms with Crippen molar-refractivity contribution in [3.63, 3.8) is 0 Å². The molecule has 2 aliphatic heterocycles. The number of esters is 2. The summed E-state index contributed by atoms with van der Waals surface area (Å²) < 4.78 is 46.8. The fraction of sp³-hybridized carbons (Fsp3) is 0.297. The molecule has 0 saturated heterocycles. The van der Waals surface area contributed by atoms with E-state index < -0.39 is 18.0 Å². The molecule has 6 rings (SSSR count). The number of carbonyl (C=O) groups excluding carboxylic acids is 2. The van der Waals surface area contributed by atoms with Gasteiger partial charge in [-0.05, 0) is 95.9 Å². The summed E-state index contributed by atoms with van der Waals surface area (Å²) in [5.41, 5.74) is 2.34. The number of aromatic nitrogens is 1. The van der Waals surface area contributed by atoms with E-state index in [1.807, 2.05) is 24.3 Å². The number of fused-ring (bicyclic) bond motifs is 2. The first kappa shape index (κ1) is 36.5. The first-order valence-electron chi connectivity index (χ1n) is 16.2. The second-order valence-corrected chi connectivity index (χ2v) is 13.2. The van der Waals surface area contributed by atoms with E-state index in [0.29, 0.717) is 71.7 Å². The van der Waals surface area contributed by atoms with Crippen molar-refractivity contribution in [1.29, 1.82) is 0 Å². The molecule has 52 heavy (non-hydrogen) atoms. The maximum Gasteiger partial charge on any atom is 0.343 e. The van der Waals surface area contributed by atoms with Crippen molar-refractivity contribution in [2.24, 2.45) is 4.99 Å². The average molecular weight is 796 g/mol. The van der Waals surface area contributed by atoms with Crippen LogP contribution in [-0.2, 0) is 25.7 Å². The van der Waals surface area contributed by atoms with Crippen LogP contribution in [0.5, 0.6) is 34.5 Å². The number of thiazole rings is 1. The molecular formula is C37H35BrN2O11S. The van der Waals surface area contributed by atoms with Gasteiger partial charge in [-0.15, -0.1) is 0 Å². The zero-order valence-electron chi connectivity index (χ0n) is 29.0. The predicted molar refractivity (Wildman–Crippen MR) is 193 cm³/mol. The van der Waals surface area contributed by atoms with Crippen molar-refractivity contribution in [2.45, 2.75) is 33.4 Å². The topological polar surface area (TPSA) is 142 Å². The maximum absolute atomic E-state index is 14.3. The Hall–Kier alpha value is -5.28. The van der Waals surface area contributed by atoms with Crippen LogP contribution >= 0.6 is 27.3 Å². The van der Waals surface area contributed by atoms with E-state index in [1.54, 1.807) is 51.1 Å². The van der Waals surface area contributed by atoms with Gasteiger partial charge in [-0.1, -0.05) is 23.5 Å². The maximum atomic E-state index is 14.3. The molecule has 15 heteroatoms. The molecule has 4 aromatic rings. The largest absolute Gasteiger partial charge is 0.493 e. The van der Waals surface area contributed by atoms with E-state index in [2.05, 4.69) is 20.9 Å². The molecule has 0 radical (unpaired) electrons. The van der Waals surface area contributed by atoms with Crippen molar-refractivity contribution in [1.82, 2.24) is 4.57 Å². The zero-order chi connectivity index (χ0) is 36.9. The van der Waals surface area contributed by atoms with Crippen LogP contribution in [-0.4, -0.2) is 57.3 Å². The number of allylic oxidation sites excluding steroid dienone is 1. The summed E-state index contributed by atoms with van der Waals surface area (Å²) in [4.78, 5) is 44.5. The normalized spacial score (nSPS) is 14.7. The lowest BCUT2D eigenvalue weighted by Gasteiger charge is -2.25. The summed E-state index contributed by atoms with van der Waals surface area (Å²) in [5, 5.41) is 0. The second-order valence-electron chi connectivity index (χ2n) is 11.3. The smallest absolute Gasteiger partial charge is 0.343 e. The lowest BCUT2D eigenvalue weighted by molar-refractivity contribution is -0.143. The molecule has 1 aromatic heterocycles. The van der Waals surface area contributed by atoms with Gasteiger partial charge in [-0.25, -0.2) is 14.6 Å². The van der Waals surface area contributed by atoms with Crippen LogP contribution in [0.3, 0.4) is 0 Å². The minimum absolute atomic E-state index is 0.129. The van der Waals surface area contributed by atoms with Crippen LogP contribution in [0.4, 0.5) is 0 Å². The highest BCUT2D eigenvalue weighted by molar-refractivity contribution is 9.10. The number of benzene rings is 3. The van der Waals surface area contributed by atoms with Gasteiger partial charge in [0.2, 0.25) is 6.79 Å². The van der Waals surface area contributed by atoms with E-state index in [9.17, 15) is 14.4 Å². The number of carbonyl (C=O) groups is 2. The summed E-state index contributed by atoms with van der Waals surface area (Å²) >= 11 is 4.80. The molecule has 0 N–H and O–H groups in total. The molecule has 0 unspecified atom stereocenters. The van der Waals surface area contributed by atoms with Gasteiger partial charge in [0.25, 0.3) is 5.56 Å². The van der Waals surface area contributed by atoms with Crippen molar-refractivity contribution in [3.05, 3.63) is 101 Å². The molecule has 272 valence electrons. The number of rotatable bonds is 13. The Kier molecular flexibility index (Phi) is 11.2. The lowest BCUT2D eigenvalue weighted by Crippen LogP contribution is -2.40. The van der Waals surface area contributed by atoms with Crippen LogP contribution in [0, 0.1) is 0 Å². The molecule has 1 atom stereocenters. The summed E-state index contributed by atoms with van der Waals surface area (Å²) in [5.74, 6) is 1.74. The molecule has 0 saturated carbocycles. The van der Waals surface area contributed by atoms with Crippen LogP contribution < -0.4 is 43.3 Å². The van der Waals surface area contributed by atoms with Gasteiger partial charge in [-0.3, -0.25) is 9.36 Å². The standard InChI is InChI=1S/C37H35BrN2O11S/c1-6-46-28-16-23(9-11-25(28)48-18-31(41)45-5)33-32(36(43)47-7-2)20(3)39-37-40(33)35(42)30(52-37)15-22-12-24(38)34(29(14-22)44-4)49-17-21-8-10-26-27(13-21)51-19-50-26/h8-16,33H,6-7,17-19H2,1-5H3/b30-15-/t33-/m1/s1. The van der Waals surface area contributed by atoms with Gasteiger partial charge < -0.3 is 37.9 Å². The molecule has 0 bridgehead atoms. The number of nitrogens with zero attached hydrogens (tertiary/aromatic N) is 2. The van der Waals surface area contributed by atoms with Gasteiger partial charge in [0, 0.05) is 0 Å². The van der Waals surface area contributed by atoms with Crippen LogP contribution in [0.2, 0.25) is 0 Å². The highest BCUT2D eigenvalue weighted by Crippen LogP contribution is 2.39. The zero-order valence-corrected chi connectivity index (χ0v) is 31.4. The number of halogens is 1. The summed E-state index contributed by atoms with van der Waals surface area (Å²) in [6.45, 7) is 5.74. The Bertz CT molecular complexity index is 2240. The monoisotopic (exact) mass is 794 g/mol. The molecule has 0 spiro atoms. The van der Waals surface area contributed by atoms with Crippen LogP contribution in [0.15, 0.2) is 74.1 Å². The summed E-state index contributed by atoms with van der Waals surface area (Å²) in [6, 6.07) is 13.3. The minimum atomic E-state index is -0.903. The highest BCUT2D eigenvalue weighted by atomic mass is 79.9. The van der Waals surface area contributed by atoms with Crippen LogP contribution in [0.1, 0.15) is 43.5 Å². The number of hydrogen-bond donors (Lipinski definition) is 0. The van der Waals surface area contributed by atoms with Crippen LogP contribution in [0.25, 0.3) is 6.08 Å². The van der Waals surface area contributed by atoms with Gasteiger partial charge in [0.1, 0.15) is 6.61 Å². The Morgan fingerprint density at radius 2 is 1.79 bits per heavy atom. The highest BCUT2D eigenvalue weighted by Gasteiger charge is 2.34. The number of ether oxygens (including phenoxy) is 8. The Labute approximate surface area is 310 Å². The third-order valence-corrected chi connectivity index (χ3v) is 9.62. The first-order valence-corrected chi connectivity index (χ1v) is 17.8. The van der Waals surface area contributed by atoms with E-state index in [4.69, 9.17) is 37.9 Å². The van der Waals surface area contributed by atoms with E-state index >= 15 is 0 Å². The molecule has 3 heterocycles. The number of hydrogen-bond acceptors (Lipinski definition) is 13. The van der Waals surface area contributed by atoms with E-state index in [1.165, 1.54) is 30.1 Å². The van der Waals surface area contributed by atoms with Gasteiger partial charge in [-0.2, -0.15) is 0 Å². The van der Waals surface area contributed by atoms with Crippen molar-refractivity contribution in [2.75, 3.05) is 40.8 Å². The molecule has 0 aliphatic carbocycles. The fourth-order valence-electron chi connectivity index (χ4n) is 5.69. The minimum Gasteiger partial charge on any atom is -0.493 e. The van der Waals surface area contributed by atoms with Gasteiger partial charge in [0.05, 0.1) is 53.8 Å². The van der Waals surface area contributed by atoms with Crippen molar-refractivity contribution in [3.8, 4) is 34.5 Å². The molecule has 0 amide bonds. The Balaban J connectivity index is 1.38. The SMILES string of the molecule is CCOC(=O)C1=C(C)N=c2s/c(=C\c3cc(Br)c(OCc4ccc5c(c4)OCO5)c(OC)c3)c(=O)n2[C@@H]1c1ccc(OCC(=O)OC)c(OCC)c1. The van der Waals surface area contributed by atoms with Gasteiger partial charge >= 0.3 is 11.9 Å². The average Bonchev–Trinajstić information content (AvgIpc) is 3.72. The molecular weight excluding hydrogens is 760 g/mol. The van der Waals surface area contributed by atoms with Crippen molar-refractivity contribution < 1.29 is 47.5 Å². The fourth-order valence-corrected chi connectivity index (χ4v) is 7.31. The second kappa shape index (κ2) is 15.9. The van der Waals surface area contributed by atoms with Crippen molar-refractivity contribution >= 4 is 45.3 Å². The molecule has 2 aliphatic rings. The first-order chi connectivity index (χ1) is 25.1. The lowest BCUT2D eigenvalue weighted by atomic mass is 9.95. The molecule has 0 fully saturated rings. The summed E-state index contributed by atoms with van der Waals surface area (Å²) in [6.07, 6.45) is 1.73. The molecule has 13 nitrogen and oxygen atoms in total. The summed E-state index contributed by atoms with van der Waals surface area (Å²) in [7, 11) is 2.80. The number of methoxy groups -OCH3 is 2. The third-order valence-electron chi connectivity index (χ3n) is 8.04. The molecule has 3 aromatic carbocycles.